The van der Waals surface area contributed by atoms with Gasteiger partial charge in [0, 0.05) is 43.0 Å². The predicted octanol–water partition coefficient (Wildman–Crippen LogP) is 7.40. The molecular formula is C34H35ClN8O. The average molecular weight is 607 g/mol. The fraction of sp³-hybridized carbons (Fsp3) is 0.265. The van der Waals surface area contributed by atoms with Crippen molar-refractivity contribution in [3.05, 3.63) is 112 Å². The quantitative estimate of drug-likeness (QED) is 0.170. The van der Waals surface area contributed by atoms with Gasteiger partial charge in [0.05, 0.1) is 40.1 Å². The fourth-order valence-corrected chi connectivity index (χ4v) is 5.41. The number of nitriles is 1. The molecule has 2 aromatic heterocycles. The lowest BCUT2D eigenvalue weighted by Crippen LogP contribution is -2.22. The summed E-state index contributed by atoms with van der Waals surface area (Å²) >= 11 is 6.84. The maximum atomic E-state index is 12.8. The second-order valence-electron chi connectivity index (χ2n) is 11.1. The first-order chi connectivity index (χ1) is 21.2. The van der Waals surface area contributed by atoms with E-state index in [4.69, 9.17) is 11.6 Å². The van der Waals surface area contributed by atoms with Crippen LogP contribution < -0.4 is 10.6 Å². The summed E-state index contributed by atoms with van der Waals surface area (Å²) in [4.78, 5) is 18.9. The van der Waals surface area contributed by atoms with Crippen LogP contribution in [0.1, 0.15) is 78.1 Å². The first kappa shape index (κ1) is 30.5. The summed E-state index contributed by atoms with van der Waals surface area (Å²) in [5, 5.41) is 27.2. The number of rotatable bonds is 10. The molecular weight excluding hydrogens is 572 g/mol. The van der Waals surface area contributed by atoms with Crippen molar-refractivity contribution in [2.75, 3.05) is 24.7 Å². The molecule has 0 aliphatic carbocycles. The first-order valence-corrected chi connectivity index (χ1v) is 14.9. The molecule has 0 aliphatic heterocycles. The van der Waals surface area contributed by atoms with Crippen LogP contribution in [0.5, 0.6) is 0 Å². The van der Waals surface area contributed by atoms with E-state index in [1.807, 2.05) is 68.6 Å². The van der Waals surface area contributed by atoms with Gasteiger partial charge in [-0.15, -0.1) is 5.10 Å². The molecule has 0 aliphatic rings. The Morgan fingerprint density at radius 2 is 1.80 bits per heavy atom. The van der Waals surface area contributed by atoms with Gasteiger partial charge in [-0.1, -0.05) is 66.2 Å². The van der Waals surface area contributed by atoms with E-state index in [1.54, 1.807) is 35.9 Å². The summed E-state index contributed by atoms with van der Waals surface area (Å²) in [5.41, 5.74) is 5.57. The Morgan fingerprint density at radius 3 is 2.45 bits per heavy atom. The minimum Gasteiger partial charge on any atom is -0.377 e. The minimum atomic E-state index is -0.456. The molecule has 44 heavy (non-hydrogen) atoms. The van der Waals surface area contributed by atoms with Crippen molar-refractivity contribution in [1.29, 1.82) is 5.26 Å². The number of nitrogens with one attached hydrogen (secondary N) is 2. The van der Waals surface area contributed by atoms with Gasteiger partial charge in [0.1, 0.15) is 11.8 Å². The van der Waals surface area contributed by atoms with Gasteiger partial charge >= 0.3 is 0 Å². The number of hydrogen-bond donors (Lipinski definition) is 2. The number of halogens is 1. The van der Waals surface area contributed by atoms with Crippen LogP contribution >= 0.6 is 11.6 Å². The zero-order valence-electron chi connectivity index (χ0n) is 25.4. The van der Waals surface area contributed by atoms with Crippen molar-refractivity contribution in [1.82, 2.24) is 24.9 Å². The van der Waals surface area contributed by atoms with Gasteiger partial charge in [0.25, 0.3) is 5.91 Å². The third-order valence-corrected chi connectivity index (χ3v) is 7.80. The molecule has 0 saturated carbocycles. The van der Waals surface area contributed by atoms with Crippen LogP contribution in [-0.2, 0) is 0 Å². The van der Waals surface area contributed by atoms with Crippen molar-refractivity contribution >= 4 is 39.8 Å². The van der Waals surface area contributed by atoms with Crippen molar-refractivity contribution in [2.45, 2.75) is 45.3 Å². The maximum absolute atomic E-state index is 12.8. The van der Waals surface area contributed by atoms with Crippen molar-refractivity contribution in [3.8, 4) is 6.07 Å². The molecule has 2 N–H and O–H groups in total. The highest BCUT2D eigenvalue weighted by molar-refractivity contribution is 6.35. The summed E-state index contributed by atoms with van der Waals surface area (Å²) in [6.45, 7) is 6.17. The average Bonchev–Trinajstić information content (AvgIpc) is 3.53. The number of carbonyl (C=O) groups excluding carboxylic acids is 1. The molecule has 10 heteroatoms. The predicted molar refractivity (Wildman–Crippen MR) is 175 cm³/mol. The van der Waals surface area contributed by atoms with Crippen LogP contribution in [0.3, 0.4) is 0 Å². The Hall–Kier alpha value is -4.94. The van der Waals surface area contributed by atoms with Crippen LogP contribution in [0.15, 0.2) is 79.1 Å². The Labute approximate surface area is 262 Å². The summed E-state index contributed by atoms with van der Waals surface area (Å²) in [6.07, 6.45) is 4.26. The second-order valence-corrected chi connectivity index (χ2v) is 11.6. The van der Waals surface area contributed by atoms with Gasteiger partial charge in [0.2, 0.25) is 0 Å². The number of amides is 1. The van der Waals surface area contributed by atoms with Crippen molar-refractivity contribution in [2.24, 2.45) is 0 Å². The highest BCUT2D eigenvalue weighted by Gasteiger charge is 2.23. The number of hydrogen-bond acceptors (Lipinski definition) is 7. The van der Waals surface area contributed by atoms with E-state index < -0.39 is 6.04 Å². The number of aromatic nitrogens is 4. The zero-order valence-corrected chi connectivity index (χ0v) is 26.2. The van der Waals surface area contributed by atoms with Crippen LogP contribution in [0.4, 0.5) is 11.4 Å². The molecule has 1 amide bonds. The topological polar surface area (TPSA) is 112 Å². The smallest absolute Gasteiger partial charge is 0.253 e. The van der Waals surface area contributed by atoms with E-state index in [0.717, 1.165) is 22.9 Å². The molecule has 2 atom stereocenters. The fourth-order valence-electron chi connectivity index (χ4n) is 5.14. The monoisotopic (exact) mass is 606 g/mol. The summed E-state index contributed by atoms with van der Waals surface area (Å²) in [6, 6.07) is 23.3. The molecule has 0 bridgehead atoms. The van der Waals surface area contributed by atoms with E-state index in [9.17, 15) is 10.1 Å². The molecule has 0 spiro atoms. The molecule has 3 aromatic carbocycles. The molecule has 9 nitrogen and oxygen atoms in total. The van der Waals surface area contributed by atoms with E-state index in [1.165, 1.54) is 0 Å². The van der Waals surface area contributed by atoms with Gasteiger partial charge < -0.3 is 15.5 Å². The number of fused-ring (bicyclic) bond motifs is 1. The molecule has 0 saturated heterocycles. The molecule has 5 aromatic rings. The SMILES string of the molecule is CC[C@@H](Nc1c(C#N)cnc2c(Cl)cc(N[C@@H](c3cccc(C(=O)N(C)C)c3)c3cn(C(C)C)nn3)cc12)c1ccccc1. The van der Waals surface area contributed by atoms with E-state index in [0.29, 0.717) is 38.7 Å². The maximum Gasteiger partial charge on any atom is 0.253 e. The van der Waals surface area contributed by atoms with Crippen LogP contribution in [0.2, 0.25) is 5.02 Å². The second kappa shape index (κ2) is 13.1. The number of pyridine rings is 1. The zero-order chi connectivity index (χ0) is 31.4. The number of benzene rings is 3. The largest absolute Gasteiger partial charge is 0.377 e. The standard InChI is InChI=1S/C34H35ClN8O/c1-6-29(22-11-8-7-9-12-22)39-31-25(18-36)19-37-33-27(31)16-26(17-28(33)35)38-32(30-20-43(21(2)3)41-40-30)23-13-10-14-24(15-23)34(44)42(4)5/h7-17,19-21,29,32,38H,6H2,1-5H3,(H,37,39)/t29-,32+/m1/s1. The number of carbonyl (C=O) groups is 1. The highest BCUT2D eigenvalue weighted by atomic mass is 35.5. The normalized spacial score (nSPS) is 12.5. The Morgan fingerprint density at radius 1 is 1.05 bits per heavy atom. The van der Waals surface area contributed by atoms with E-state index in [2.05, 4.69) is 51.1 Å². The molecule has 2 heterocycles. The van der Waals surface area contributed by atoms with Crippen molar-refractivity contribution < 1.29 is 4.79 Å². The van der Waals surface area contributed by atoms with Gasteiger partial charge in [-0.25, -0.2) is 4.68 Å². The third kappa shape index (κ3) is 6.36. The molecule has 0 radical (unpaired) electrons. The lowest BCUT2D eigenvalue weighted by atomic mass is 10.00. The minimum absolute atomic E-state index is 0.0277. The van der Waals surface area contributed by atoms with E-state index in [-0.39, 0.29) is 18.0 Å². The lowest BCUT2D eigenvalue weighted by Gasteiger charge is -2.23. The number of anilines is 2. The van der Waals surface area contributed by atoms with Crippen molar-refractivity contribution in [3.63, 3.8) is 0 Å². The number of nitrogens with zero attached hydrogens (tertiary/aromatic N) is 6. The molecule has 0 unspecified atom stereocenters. The Balaban J connectivity index is 1.62. The van der Waals surface area contributed by atoms with Gasteiger partial charge in [-0.3, -0.25) is 9.78 Å². The van der Waals surface area contributed by atoms with Gasteiger partial charge in [-0.05, 0) is 55.7 Å². The van der Waals surface area contributed by atoms with Crippen LogP contribution in [0.25, 0.3) is 10.9 Å². The summed E-state index contributed by atoms with van der Waals surface area (Å²) in [7, 11) is 3.46. The summed E-state index contributed by atoms with van der Waals surface area (Å²) in [5.74, 6) is -0.0973. The van der Waals surface area contributed by atoms with Gasteiger partial charge in [0.15, 0.2) is 0 Å². The Bertz CT molecular complexity index is 1830. The third-order valence-electron chi connectivity index (χ3n) is 7.51. The van der Waals surface area contributed by atoms with Crippen LogP contribution in [0, 0.1) is 11.3 Å². The van der Waals surface area contributed by atoms with Gasteiger partial charge in [-0.2, -0.15) is 5.26 Å². The first-order valence-electron chi connectivity index (χ1n) is 14.5. The Kier molecular flexibility index (Phi) is 9.12. The van der Waals surface area contributed by atoms with Crippen LogP contribution in [-0.4, -0.2) is 44.9 Å². The summed E-state index contributed by atoms with van der Waals surface area (Å²) < 4.78 is 1.80. The lowest BCUT2D eigenvalue weighted by molar-refractivity contribution is 0.0827. The molecule has 5 rings (SSSR count). The molecule has 0 fully saturated rings. The highest BCUT2D eigenvalue weighted by Crippen LogP contribution is 2.37. The molecule has 224 valence electrons. The van der Waals surface area contributed by atoms with E-state index >= 15 is 0 Å².